The van der Waals surface area contributed by atoms with E-state index in [4.69, 9.17) is 0 Å². The molecule has 0 heterocycles. The van der Waals surface area contributed by atoms with E-state index in [2.05, 4.69) is 131 Å². The van der Waals surface area contributed by atoms with E-state index >= 15 is 0 Å². The molecule has 0 bridgehead atoms. The molecule has 4 rings (SSSR count). The molecule has 0 N–H and O–H groups in total. The molecule has 0 saturated heterocycles. The number of hydrogen-bond acceptors (Lipinski definition) is 1. The Labute approximate surface area is 175 Å². The van der Waals surface area contributed by atoms with Crippen LogP contribution in [0, 0.1) is 6.92 Å². The topological polar surface area (TPSA) is 0 Å². The third kappa shape index (κ3) is 3.92. The number of aryl methyl sites for hydroxylation is 1. The van der Waals surface area contributed by atoms with Crippen molar-refractivity contribution < 1.29 is 0 Å². The molecule has 0 aromatic heterocycles. The Morgan fingerprint density at radius 1 is 0.536 bits per heavy atom. The summed E-state index contributed by atoms with van der Waals surface area (Å²) in [6, 6.07) is 42.4. The summed E-state index contributed by atoms with van der Waals surface area (Å²) in [5.74, 6) is 1.04. The molecule has 4 aromatic rings. The van der Waals surface area contributed by atoms with Crippen LogP contribution < -0.4 is 10.7 Å². The molecule has 0 saturated carbocycles. The number of benzene rings is 4. The second kappa shape index (κ2) is 9.02. The molecule has 0 atom stereocenters. The van der Waals surface area contributed by atoms with E-state index < -0.39 is 17.0 Å². The number of hydrogen-bond donors (Lipinski definition) is 0. The van der Waals surface area contributed by atoms with Crippen LogP contribution in [-0.2, 0) is 5.75 Å². The normalized spacial score (nSPS) is 11.3. The van der Waals surface area contributed by atoms with E-state index in [1.165, 1.54) is 21.9 Å². The minimum absolute atomic E-state index is 1.04. The van der Waals surface area contributed by atoms with E-state index in [1.807, 2.05) is 0 Å². The van der Waals surface area contributed by atoms with Gasteiger partial charge in [-0.2, -0.15) is 0 Å². The molecule has 138 valence electrons. The van der Waals surface area contributed by atoms with Crippen molar-refractivity contribution in [1.29, 1.82) is 0 Å². The second-order valence-corrected chi connectivity index (χ2v) is 23.0. The van der Waals surface area contributed by atoms with Crippen molar-refractivity contribution in [2.75, 3.05) is 0 Å². The van der Waals surface area contributed by atoms with Crippen LogP contribution in [-0.4, -0.2) is 17.0 Å². The van der Waals surface area contributed by atoms with Gasteiger partial charge in [-0.3, -0.25) is 0 Å². The van der Waals surface area contributed by atoms with Crippen LogP contribution in [0.5, 0.6) is 0 Å². The van der Waals surface area contributed by atoms with Crippen molar-refractivity contribution in [1.82, 2.24) is 0 Å². The average Bonchev–Trinajstić information content (AvgIpc) is 2.78. The second-order valence-electron chi connectivity index (χ2n) is 6.99. The predicted octanol–water partition coefficient (Wildman–Crippen LogP) is 4.90. The maximum absolute atomic E-state index is 3.21. The van der Waals surface area contributed by atoms with Gasteiger partial charge in [-0.1, -0.05) is 0 Å². The van der Waals surface area contributed by atoms with Crippen LogP contribution >= 0.6 is 8.95 Å². The van der Waals surface area contributed by atoms with E-state index in [-0.39, 0.29) is 0 Å². The third-order valence-corrected chi connectivity index (χ3v) is 25.6. The molecule has 0 unspecified atom stereocenters. The van der Waals surface area contributed by atoms with Crippen molar-refractivity contribution >= 4 is 36.7 Å². The van der Waals surface area contributed by atoms with E-state index in [9.17, 15) is 0 Å². The summed E-state index contributed by atoms with van der Waals surface area (Å²) >= 11 is -3.21. The Morgan fingerprint density at radius 3 is 1.36 bits per heavy atom. The molecular weight excluding hydrogens is 463 g/mol. The van der Waals surface area contributed by atoms with Crippen LogP contribution in [0.2, 0.25) is 0 Å². The minimum atomic E-state index is -3.21. The summed E-state index contributed by atoms with van der Waals surface area (Å²) < 4.78 is 4.56. The van der Waals surface area contributed by atoms with Gasteiger partial charge in [0.25, 0.3) is 0 Å². The first-order valence-corrected chi connectivity index (χ1v) is 18.4. The monoisotopic (exact) mass is 488 g/mol. The Morgan fingerprint density at radius 2 is 0.929 bits per heavy atom. The first-order valence-electron chi connectivity index (χ1n) is 9.66. The molecular formula is C26H24SSn. The first kappa shape index (κ1) is 19.3. The Bertz CT molecular complexity index is 917. The average molecular weight is 487 g/mol. The van der Waals surface area contributed by atoms with Gasteiger partial charge in [-0.05, 0) is 0 Å². The molecule has 0 aliphatic carbocycles. The summed E-state index contributed by atoms with van der Waals surface area (Å²) in [6.07, 6.45) is 0. The van der Waals surface area contributed by atoms with Crippen LogP contribution in [0.3, 0.4) is 0 Å². The van der Waals surface area contributed by atoms with Crippen molar-refractivity contribution in [2.45, 2.75) is 12.7 Å². The van der Waals surface area contributed by atoms with E-state index in [0.29, 0.717) is 0 Å². The van der Waals surface area contributed by atoms with Crippen LogP contribution in [0.1, 0.15) is 11.1 Å². The summed E-state index contributed by atoms with van der Waals surface area (Å²) in [4.78, 5) is 0. The van der Waals surface area contributed by atoms with Gasteiger partial charge in [0, 0.05) is 0 Å². The first-order chi connectivity index (χ1) is 13.8. The zero-order valence-electron chi connectivity index (χ0n) is 16.1. The van der Waals surface area contributed by atoms with E-state index in [1.54, 1.807) is 0 Å². The fourth-order valence-electron chi connectivity index (χ4n) is 3.73. The van der Waals surface area contributed by atoms with Crippen LogP contribution in [0.15, 0.2) is 115 Å². The molecule has 0 spiro atoms. The van der Waals surface area contributed by atoms with Gasteiger partial charge in [0.1, 0.15) is 0 Å². The quantitative estimate of drug-likeness (QED) is 0.349. The zero-order chi connectivity index (χ0) is 19.2. The summed E-state index contributed by atoms with van der Waals surface area (Å²) in [7, 11) is 2.21. The summed E-state index contributed by atoms with van der Waals surface area (Å²) in [5.41, 5.74) is 2.82. The van der Waals surface area contributed by atoms with E-state index in [0.717, 1.165) is 5.75 Å². The molecule has 28 heavy (non-hydrogen) atoms. The van der Waals surface area contributed by atoms with Gasteiger partial charge < -0.3 is 0 Å². The molecule has 0 nitrogen and oxygen atoms in total. The van der Waals surface area contributed by atoms with Crippen molar-refractivity contribution in [3.8, 4) is 0 Å². The van der Waals surface area contributed by atoms with Crippen molar-refractivity contribution in [2.24, 2.45) is 0 Å². The van der Waals surface area contributed by atoms with Crippen molar-refractivity contribution in [3.63, 3.8) is 0 Å². The van der Waals surface area contributed by atoms with Gasteiger partial charge in [0.05, 0.1) is 0 Å². The summed E-state index contributed by atoms with van der Waals surface area (Å²) in [5, 5.41) is 0. The number of rotatable bonds is 6. The SMILES string of the molecule is Cc1ccccc1C[S][Sn]([c]1ccccc1)([c]1ccccc1)[c]1ccccc1. The van der Waals surface area contributed by atoms with Crippen LogP contribution in [0.4, 0.5) is 0 Å². The maximum atomic E-state index is 2.35. The van der Waals surface area contributed by atoms with Gasteiger partial charge in [-0.15, -0.1) is 0 Å². The molecule has 2 heteroatoms. The molecule has 0 radical (unpaired) electrons. The fraction of sp³-hybridized carbons (Fsp3) is 0.0769. The van der Waals surface area contributed by atoms with Gasteiger partial charge in [0.15, 0.2) is 0 Å². The fourth-order valence-corrected chi connectivity index (χ4v) is 23.6. The zero-order valence-corrected chi connectivity index (χ0v) is 19.8. The van der Waals surface area contributed by atoms with Gasteiger partial charge in [0.2, 0.25) is 0 Å². The molecule has 0 aliphatic rings. The van der Waals surface area contributed by atoms with Crippen LogP contribution in [0.25, 0.3) is 0 Å². The third-order valence-electron chi connectivity index (χ3n) is 5.25. The molecule has 0 amide bonds. The standard InChI is InChI=1S/C8H10S.3C6H5.Sn/c1-7-4-2-3-5-8(7)6-9;3*1-2-4-6-5-3-1;/h2-5,9H,6H2,1H3;3*1-5H;/q;;;;+1/p-1. The Kier molecular flexibility index (Phi) is 6.23. The summed E-state index contributed by atoms with van der Waals surface area (Å²) in [6.45, 7) is 2.22. The van der Waals surface area contributed by atoms with Gasteiger partial charge >= 0.3 is 176 Å². The molecule has 0 aliphatic heterocycles. The van der Waals surface area contributed by atoms with Crippen molar-refractivity contribution in [3.05, 3.63) is 126 Å². The Balaban J connectivity index is 1.89. The Hall–Kier alpha value is -1.97. The molecule has 0 fully saturated rings. The predicted molar refractivity (Wildman–Crippen MR) is 126 cm³/mol. The molecule has 4 aromatic carbocycles. The van der Waals surface area contributed by atoms with Gasteiger partial charge in [-0.25, -0.2) is 0 Å².